The van der Waals surface area contributed by atoms with Crippen LogP contribution in [0.1, 0.15) is 22.7 Å². The van der Waals surface area contributed by atoms with Crippen molar-refractivity contribution in [3.8, 4) is 0 Å². The topological polar surface area (TPSA) is 21.3 Å². The van der Waals surface area contributed by atoms with Crippen molar-refractivity contribution in [3.63, 3.8) is 0 Å². The fourth-order valence-electron chi connectivity index (χ4n) is 2.13. The summed E-state index contributed by atoms with van der Waals surface area (Å²) >= 11 is 0. The van der Waals surface area contributed by atoms with E-state index in [2.05, 4.69) is 5.32 Å². The number of methoxy groups -OCH3 is 1. The van der Waals surface area contributed by atoms with Crippen LogP contribution in [0.5, 0.6) is 0 Å². The average Bonchev–Trinajstić information content (AvgIpc) is 2.28. The molecule has 5 heteroatoms. The lowest BCUT2D eigenvalue weighted by Crippen LogP contribution is -2.32. The Labute approximate surface area is 97.8 Å². The van der Waals surface area contributed by atoms with Crippen LogP contribution in [-0.2, 0) is 17.3 Å². The highest BCUT2D eigenvalue weighted by atomic mass is 19.4. The molecule has 0 saturated heterocycles. The highest BCUT2D eigenvalue weighted by Crippen LogP contribution is 2.33. The SMILES string of the molecule is COCC1NCCc2ccc(C(F)(F)F)cc21. The van der Waals surface area contributed by atoms with E-state index in [0.717, 1.165) is 24.6 Å². The molecule has 0 radical (unpaired) electrons. The van der Waals surface area contributed by atoms with Crippen LogP contribution in [0.15, 0.2) is 18.2 Å². The van der Waals surface area contributed by atoms with E-state index in [0.29, 0.717) is 12.2 Å². The Bertz CT molecular complexity index is 403. The first-order valence-corrected chi connectivity index (χ1v) is 5.44. The number of benzene rings is 1. The van der Waals surface area contributed by atoms with E-state index in [9.17, 15) is 13.2 Å². The molecule has 1 atom stereocenters. The number of ether oxygens (including phenoxy) is 1. The summed E-state index contributed by atoms with van der Waals surface area (Å²) in [5.41, 5.74) is 1.08. The maximum absolute atomic E-state index is 12.6. The molecule has 1 aromatic rings. The second kappa shape index (κ2) is 4.66. The van der Waals surface area contributed by atoms with Gasteiger partial charge in [0.2, 0.25) is 0 Å². The van der Waals surface area contributed by atoms with Crippen LogP contribution in [0.3, 0.4) is 0 Å². The van der Waals surface area contributed by atoms with Gasteiger partial charge >= 0.3 is 6.18 Å². The first-order chi connectivity index (χ1) is 8.02. The van der Waals surface area contributed by atoms with Crippen LogP contribution in [0.4, 0.5) is 13.2 Å². The predicted molar refractivity (Wildman–Crippen MR) is 57.8 cm³/mol. The first kappa shape index (κ1) is 12.4. The predicted octanol–water partition coefficient (Wildman–Crippen LogP) is 2.54. The number of alkyl halides is 3. The van der Waals surface area contributed by atoms with E-state index in [1.165, 1.54) is 6.07 Å². The van der Waals surface area contributed by atoms with Crippen molar-refractivity contribution < 1.29 is 17.9 Å². The van der Waals surface area contributed by atoms with Gasteiger partial charge in [0.05, 0.1) is 18.2 Å². The molecule has 1 aromatic carbocycles. The number of halogens is 3. The van der Waals surface area contributed by atoms with Crippen LogP contribution in [0, 0.1) is 0 Å². The van der Waals surface area contributed by atoms with E-state index < -0.39 is 11.7 Å². The van der Waals surface area contributed by atoms with Crippen molar-refractivity contribution in [1.29, 1.82) is 0 Å². The minimum Gasteiger partial charge on any atom is -0.383 e. The second-order valence-electron chi connectivity index (χ2n) is 4.12. The van der Waals surface area contributed by atoms with Gasteiger partial charge in [0, 0.05) is 7.11 Å². The van der Waals surface area contributed by atoms with E-state index in [1.54, 1.807) is 13.2 Å². The molecular formula is C12H14F3NO. The van der Waals surface area contributed by atoms with E-state index in [-0.39, 0.29) is 6.04 Å². The highest BCUT2D eigenvalue weighted by Gasteiger charge is 2.32. The Hall–Kier alpha value is -1.07. The smallest absolute Gasteiger partial charge is 0.383 e. The Kier molecular flexibility index (Phi) is 3.40. The van der Waals surface area contributed by atoms with Crippen molar-refractivity contribution in [2.75, 3.05) is 20.3 Å². The van der Waals surface area contributed by atoms with Crippen LogP contribution < -0.4 is 5.32 Å². The molecule has 0 fully saturated rings. The van der Waals surface area contributed by atoms with Crippen LogP contribution in [-0.4, -0.2) is 20.3 Å². The van der Waals surface area contributed by atoms with Crippen LogP contribution in [0.25, 0.3) is 0 Å². The molecular weight excluding hydrogens is 231 g/mol. The third-order valence-corrected chi connectivity index (χ3v) is 2.97. The zero-order chi connectivity index (χ0) is 12.5. The Balaban J connectivity index is 2.37. The molecule has 0 aromatic heterocycles. The Morgan fingerprint density at radius 1 is 1.41 bits per heavy atom. The standard InChI is InChI=1S/C12H14F3NO/c1-17-7-11-10-6-9(12(13,14)15)3-2-8(10)4-5-16-11/h2-3,6,11,16H,4-5,7H2,1H3. The summed E-state index contributed by atoms with van der Waals surface area (Å²) < 4.78 is 42.9. The third kappa shape index (κ3) is 2.61. The lowest BCUT2D eigenvalue weighted by atomic mass is 9.92. The van der Waals surface area contributed by atoms with Gasteiger partial charge in [0.1, 0.15) is 0 Å². The maximum Gasteiger partial charge on any atom is 0.416 e. The number of fused-ring (bicyclic) bond motifs is 1. The molecule has 0 saturated carbocycles. The van der Waals surface area contributed by atoms with Gasteiger partial charge in [-0.05, 0) is 36.2 Å². The van der Waals surface area contributed by atoms with Gasteiger partial charge < -0.3 is 10.1 Å². The summed E-state index contributed by atoms with van der Waals surface area (Å²) in [6.45, 7) is 1.15. The minimum atomic E-state index is -4.29. The zero-order valence-corrected chi connectivity index (χ0v) is 9.47. The normalized spacial score (nSPS) is 20.1. The van der Waals surface area contributed by atoms with Gasteiger partial charge in [0.15, 0.2) is 0 Å². The third-order valence-electron chi connectivity index (χ3n) is 2.97. The molecule has 0 amide bonds. The largest absolute Gasteiger partial charge is 0.416 e. The Morgan fingerprint density at radius 3 is 2.82 bits per heavy atom. The van der Waals surface area contributed by atoms with Gasteiger partial charge in [-0.25, -0.2) is 0 Å². The summed E-state index contributed by atoms with van der Waals surface area (Å²) in [6, 6.07) is 3.80. The van der Waals surface area contributed by atoms with Gasteiger partial charge in [-0.15, -0.1) is 0 Å². The van der Waals surface area contributed by atoms with Crippen LogP contribution >= 0.6 is 0 Å². The molecule has 0 aliphatic carbocycles. The quantitative estimate of drug-likeness (QED) is 0.864. The summed E-state index contributed by atoms with van der Waals surface area (Å²) in [4.78, 5) is 0. The van der Waals surface area contributed by atoms with Crippen molar-refractivity contribution in [3.05, 3.63) is 34.9 Å². The van der Waals surface area contributed by atoms with Gasteiger partial charge in [-0.3, -0.25) is 0 Å². The summed E-state index contributed by atoms with van der Waals surface area (Å²) in [5, 5.41) is 3.16. The molecule has 1 aliphatic rings. The van der Waals surface area contributed by atoms with Crippen molar-refractivity contribution in [2.45, 2.75) is 18.6 Å². The summed E-state index contributed by atoms with van der Waals surface area (Å²) in [5.74, 6) is 0. The number of rotatable bonds is 2. The van der Waals surface area contributed by atoms with Crippen LogP contribution in [0.2, 0.25) is 0 Å². The molecule has 0 spiro atoms. The highest BCUT2D eigenvalue weighted by molar-refractivity contribution is 5.37. The molecule has 17 heavy (non-hydrogen) atoms. The molecule has 2 rings (SSSR count). The van der Waals surface area contributed by atoms with Crippen molar-refractivity contribution in [1.82, 2.24) is 5.32 Å². The average molecular weight is 245 g/mol. The molecule has 1 heterocycles. The fourth-order valence-corrected chi connectivity index (χ4v) is 2.13. The summed E-state index contributed by atoms with van der Waals surface area (Å²) in [6.07, 6.45) is -3.53. The van der Waals surface area contributed by atoms with Crippen molar-refractivity contribution >= 4 is 0 Å². The molecule has 2 nitrogen and oxygen atoms in total. The van der Waals surface area contributed by atoms with Crippen molar-refractivity contribution in [2.24, 2.45) is 0 Å². The number of hydrogen-bond acceptors (Lipinski definition) is 2. The van der Waals surface area contributed by atoms with E-state index in [4.69, 9.17) is 4.74 Å². The number of hydrogen-bond donors (Lipinski definition) is 1. The molecule has 94 valence electrons. The van der Waals surface area contributed by atoms with E-state index in [1.807, 2.05) is 0 Å². The summed E-state index contributed by atoms with van der Waals surface area (Å²) in [7, 11) is 1.55. The molecule has 1 unspecified atom stereocenters. The minimum absolute atomic E-state index is 0.147. The van der Waals surface area contributed by atoms with Gasteiger partial charge in [0.25, 0.3) is 0 Å². The lowest BCUT2D eigenvalue weighted by Gasteiger charge is -2.27. The lowest BCUT2D eigenvalue weighted by molar-refractivity contribution is -0.137. The van der Waals surface area contributed by atoms with Gasteiger partial charge in [-0.2, -0.15) is 13.2 Å². The zero-order valence-electron chi connectivity index (χ0n) is 9.47. The second-order valence-corrected chi connectivity index (χ2v) is 4.12. The number of nitrogens with one attached hydrogen (secondary N) is 1. The monoisotopic (exact) mass is 245 g/mol. The molecule has 1 N–H and O–H groups in total. The fraction of sp³-hybridized carbons (Fsp3) is 0.500. The Morgan fingerprint density at radius 2 is 2.18 bits per heavy atom. The van der Waals surface area contributed by atoms with E-state index >= 15 is 0 Å². The molecule has 0 bridgehead atoms. The molecule has 1 aliphatic heterocycles. The van der Waals surface area contributed by atoms with Gasteiger partial charge in [-0.1, -0.05) is 6.07 Å². The maximum atomic E-state index is 12.6. The first-order valence-electron chi connectivity index (χ1n) is 5.44.